The van der Waals surface area contributed by atoms with Crippen molar-refractivity contribution < 1.29 is 67.2 Å². The van der Waals surface area contributed by atoms with Crippen LogP contribution in [0.5, 0.6) is 17.2 Å². The lowest BCUT2D eigenvalue weighted by Gasteiger charge is -2.33. The van der Waals surface area contributed by atoms with Gasteiger partial charge >= 0.3 is 12.1 Å². The smallest absolute Gasteiger partial charge is 0.417 e. The maximum Gasteiger partial charge on any atom is 0.417 e. The number of hydrogen-bond acceptors (Lipinski definition) is 14. The van der Waals surface area contributed by atoms with Gasteiger partial charge in [-0.15, -0.1) is 0 Å². The van der Waals surface area contributed by atoms with Crippen LogP contribution in [0.3, 0.4) is 0 Å². The van der Waals surface area contributed by atoms with Crippen LogP contribution >= 0.6 is 0 Å². The van der Waals surface area contributed by atoms with E-state index in [0.29, 0.717) is 101 Å². The lowest BCUT2D eigenvalue weighted by Crippen LogP contribution is -2.51. The van der Waals surface area contributed by atoms with Crippen LogP contribution in [0.2, 0.25) is 0 Å². The van der Waals surface area contributed by atoms with Gasteiger partial charge in [0.25, 0.3) is 17.7 Å². The van der Waals surface area contributed by atoms with E-state index in [0.717, 1.165) is 37.4 Å². The summed E-state index contributed by atoms with van der Waals surface area (Å²) in [5.74, 6) is -1.34. The van der Waals surface area contributed by atoms with Gasteiger partial charge in [-0.25, -0.2) is 14.5 Å². The standard InChI is InChI=1S/C61H75N9O14/c1-61(2,3)84-60(80)70-47-35-50(49(81-4)33-43(47)57(77)68-30-14-18-45(68)58(70)78)82-32-12-6-8-20-53(73)67-31-27-41-40-15-9-10-16-42(40)48(34-46(41)67)83-37-38-21-23-39(24-22-38)65-56(76)44(17-13-28-63-59(62)79)66-52(72)36-64-51(71)19-7-5-11-29-69-54(74)25-26-55(69)75/h9-10,15-16,21-26,33-35,44-45,58,78H,5-8,11-14,17-20,27-32,36-37H2,1-4H3,(H,64,71)(H,65,76)(H,66,72)(H3,62,63,79)/t44-,45-,58-/m0/s1. The third-order valence-corrected chi connectivity index (χ3v) is 15.0. The number of benzene rings is 4. The number of rotatable bonds is 26. The minimum atomic E-state index is -1.34. The van der Waals surface area contributed by atoms with Crippen LogP contribution in [0.15, 0.2) is 78.9 Å². The van der Waals surface area contributed by atoms with Gasteiger partial charge in [-0.05, 0) is 120 Å². The minimum absolute atomic E-state index is 0.0193. The summed E-state index contributed by atoms with van der Waals surface area (Å²) in [6, 6.07) is 17.6. The van der Waals surface area contributed by atoms with Crippen molar-refractivity contribution in [3.63, 3.8) is 0 Å². The Morgan fingerprint density at radius 2 is 1.49 bits per heavy atom. The molecule has 0 unspecified atom stereocenters. The number of aliphatic hydroxyl groups is 1. The van der Waals surface area contributed by atoms with Crippen LogP contribution < -0.4 is 51.0 Å². The largest absolute Gasteiger partial charge is 0.493 e. The summed E-state index contributed by atoms with van der Waals surface area (Å²) in [4.78, 5) is 121. The quantitative estimate of drug-likeness (QED) is 0.0306. The van der Waals surface area contributed by atoms with Crippen molar-refractivity contribution in [1.29, 1.82) is 0 Å². The average molecular weight is 1160 g/mol. The number of anilines is 3. The van der Waals surface area contributed by atoms with Crippen LogP contribution in [-0.2, 0) is 46.5 Å². The first-order valence-corrected chi connectivity index (χ1v) is 28.7. The first kappa shape index (κ1) is 61.3. The Bertz CT molecular complexity index is 3140. The lowest BCUT2D eigenvalue weighted by molar-refractivity contribution is -0.137. The van der Waals surface area contributed by atoms with Gasteiger partial charge in [-0.2, -0.15) is 0 Å². The highest BCUT2D eigenvalue weighted by molar-refractivity contribution is 6.13. The molecule has 7 N–H and O–H groups in total. The van der Waals surface area contributed by atoms with Crippen molar-refractivity contribution in [1.82, 2.24) is 25.8 Å². The highest BCUT2D eigenvalue weighted by Gasteiger charge is 2.46. The van der Waals surface area contributed by atoms with Gasteiger partial charge < -0.3 is 60.9 Å². The lowest BCUT2D eigenvalue weighted by atomic mass is 10.0. The van der Waals surface area contributed by atoms with E-state index in [9.17, 15) is 48.3 Å². The molecule has 10 amide bonds. The number of carbonyl (C=O) groups excluding carboxylic acids is 9. The molecule has 8 rings (SSSR count). The SMILES string of the molecule is COc1cc2c(cc1OCCCCCC(=O)N1CCc3c1cc(OCc1ccc(NC(=O)[C@H](CCCNC(N)=O)NC(=O)CNC(=O)CCCCCN4C(=O)C=CC4=O)cc1)c1ccccc31)N(C(=O)OC(C)(C)C)[C@@H](O)[C@@H]1CCCN1C2=O. The Labute approximate surface area is 487 Å². The molecule has 23 nitrogen and oxygen atoms in total. The van der Waals surface area contributed by atoms with E-state index >= 15 is 0 Å². The molecule has 1 saturated heterocycles. The van der Waals surface area contributed by atoms with Crippen LogP contribution in [0.4, 0.5) is 26.7 Å². The molecule has 23 heteroatoms. The molecule has 0 aliphatic carbocycles. The van der Waals surface area contributed by atoms with Gasteiger partial charge in [-0.3, -0.25) is 38.5 Å². The van der Waals surface area contributed by atoms with Crippen molar-refractivity contribution in [3.8, 4) is 17.2 Å². The molecule has 4 heterocycles. The normalized spacial score (nSPS) is 16.6. The molecule has 0 bridgehead atoms. The number of nitrogens with two attached hydrogens (primary N) is 1. The van der Waals surface area contributed by atoms with Crippen molar-refractivity contribution in [3.05, 3.63) is 95.6 Å². The molecule has 4 aromatic rings. The number of ether oxygens (including phenoxy) is 4. The van der Waals surface area contributed by atoms with E-state index in [2.05, 4.69) is 21.3 Å². The molecular formula is C61H75N9O14. The zero-order valence-corrected chi connectivity index (χ0v) is 48.0. The maximum absolute atomic E-state index is 13.9. The zero-order valence-electron chi connectivity index (χ0n) is 48.0. The van der Waals surface area contributed by atoms with Crippen molar-refractivity contribution in [2.24, 2.45) is 5.73 Å². The molecule has 3 atom stereocenters. The molecule has 0 radical (unpaired) electrons. The summed E-state index contributed by atoms with van der Waals surface area (Å²) >= 11 is 0. The van der Waals surface area contributed by atoms with E-state index in [1.165, 1.54) is 19.3 Å². The molecule has 4 aromatic carbocycles. The molecular weight excluding hydrogens is 1080 g/mol. The number of primary amides is 1. The Morgan fingerprint density at radius 1 is 0.774 bits per heavy atom. The molecule has 4 aliphatic heterocycles. The number of nitrogens with one attached hydrogen (secondary N) is 4. The molecule has 4 aliphatic rings. The second-order valence-corrected chi connectivity index (χ2v) is 22.1. The number of unbranched alkanes of at least 4 members (excludes halogenated alkanes) is 4. The molecule has 448 valence electrons. The number of fused-ring (bicyclic) bond motifs is 5. The summed E-state index contributed by atoms with van der Waals surface area (Å²) in [6.45, 7) is 6.63. The molecule has 0 aromatic heterocycles. The highest BCUT2D eigenvalue weighted by atomic mass is 16.6. The predicted molar refractivity (Wildman–Crippen MR) is 311 cm³/mol. The van der Waals surface area contributed by atoms with E-state index < -0.39 is 47.9 Å². The van der Waals surface area contributed by atoms with Crippen LogP contribution in [0, 0.1) is 0 Å². The first-order valence-electron chi connectivity index (χ1n) is 28.7. The van der Waals surface area contributed by atoms with Crippen LogP contribution in [-0.4, -0.2) is 139 Å². The predicted octanol–water partition coefficient (Wildman–Crippen LogP) is 6.11. The van der Waals surface area contributed by atoms with Gasteiger partial charge in [0.15, 0.2) is 17.7 Å². The Morgan fingerprint density at radius 3 is 2.21 bits per heavy atom. The third-order valence-electron chi connectivity index (χ3n) is 15.0. The molecule has 0 saturated carbocycles. The fourth-order valence-corrected chi connectivity index (χ4v) is 10.8. The summed E-state index contributed by atoms with van der Waals surface area (Å²) in [6.07, 6.45) is 6.54. The van der Waals surface area contributed by atoms with Gasteiger partial charge in [0.05, 0.1) is 43.2 Å². The summed E-state index contributed by atoms with van der Waals surface area (Å²) < 4.78 is 24.0. The van der Waals surface area contributed by atoms with E-state index in [1.54, 1.807) is 62.1 Å². The molecule has 0 spiro atoms. The number of urea groups is 1. The fourth-order valence-electron chi connectivity index (χ4n) is 10.8. The average Bonchev–Trinajstić information content (AvgIpc) is 1.77. The number of amides is 10. The van der Waals surface area contributed by atoms with Gasteiger partial charge in [0, 0.05) is 74.4 Å². The summed E-state index contributed by atoms with van der Waals surface area (Å²) in [5, 5.41) is 24.0. The van der Waals surface area contributed by atoms with Crippen molar-refractivity contribution in [2.45, 2.75) is 135 Å². The van der Waals surface area contributed by atoms with Gasteiger partial charge in [-0.1, -0.05) is 42.8 Å². The summed E-state index contributed by atoms with van der Waals surface area (Å²) in [5.41, 5.74) is 7.80. The number of methoxy groups -OCH3 is 1. The second kappa shape index (κ2) is 28.0. The highest BCUT2D eigenvalue weighted by Crippen LogP contribution is 2.43. The monoisotopic (exact) mass is 1160 g/mol. The number of aliphatic hydroxyl groups excluding tert-OH is 1. The van der Waals surface area contributed by atoms with E-state index in [4.69, 9.17) is 24.7 Å². The second-order valence-electron chi connectivity index (χ2n) is 22.1. The van der Waals surface area contributed by atoms with E-state index in [1.807, 2.05) is 35.2 Å². The topological polar surface area (TPSA) is 298 Å². The molecule has 1 fully saturated rings. The maximum atomic E-state index is 13.9. The Balaban J connectivity index is 0.821. The number of hydrogen-bond donors (Lipinski definition) is 6. The Hall–Kier alpha value is -8.73. The van der Waals surface area contributed by atoms with Crippen molar-refractivity contribution >= 4 is 81.3 Å². The number of imide groups is 1. The van der Waals surface area contributed by atoms with Gasteiger partial charge in [0.2, 0.25) is 23.6 Å². The zero-order chi connectivity index (χ0) is 60.1. The number of nitrogens with zero attached hydrogens (tertiary/aromatic N) is 4. The fraction of sp³-hybridized carbons (Fsp3) is 0.459. The van der Waals surface area contributed by atoms with Crippen LogP contribution in [0.1, 0.15) is 119 Å². The van der Waals surface area contributed by atoms with Gasteiger partial charge in [0.1, 0.15) is 24.0 Å². The number of carbonyl (C=O) groups is 9. The molecule has 84 heavy (non-hydrogen) atoms. The van der Waals surface area contributed by atoms with Crippen molar-refractivity contribution in [2.75, 3.05) is 61.6 Å². The third kappa shape index (κ3) is 15.5. The van der Waals surface area contributed by atoms with E-state index in [-0.39, 0.29) is 92.2 Å². The minimum Gasteiger partial charge on any atom is -0.493 e. The van der Waals surface area contributed by atoms with Crippen LogP contribution in [0.25, 0.3) is 10.8 Å². The Kier molecular flexibility index (Phi) is 20.5. The first-order chi connectivity index (χ1) is 40.3. The summed E-state index contributed by atoms with van der Waals surface area (Å²) in [7, 11) is 1.47.